The summed E-state index contributed by atoms with van der Waals surface area (Å²) in [5, 5.41) is 1.66. The van der Waals surface area contributed by atoms with Gasteiger partial charge in [-0.2, -0.15) is 0 Å². The Balaban J connectivity index is 0.00000243. The molecule has 0 N–H and O–H groups in total. The second-order valence-corrected chi connectivity index (χ2v) is 5.98. The summed E-state index contributed by atoms with van der Waals surface area (Å²) in [6, 6.07) is 0.572. The van der Waals surface area contributed by atoms with E-state index in [2.05, 4.69) is 9.98 Å². The minimum atomic E-state index is -0.397. The zero-order chi connectivity index (χ0) is 18.3. The van der Waals surface area contributed by atoms with E-state index in [-0.39, 0.29) is 24.1 Å². The smallest absolute Gasteiger partial charge is 0.332 e. The van der Waals surface area contributed by atoms with Gasteiger partial charge in [0.1, 0.15) is 0 Å². The van der Waals surface area contributed by atoms with Crippen molar-refractivity contribution in [3.8, 4) is 0 Å². The number of likely N-dealkylation sites (N-methyl/N-ethyl adjacent to an activating group) is 1. The van der Waals surface area contributed by atoms with Crippen LogP contribution in [0.5, 0.6) is 0 Å². The Morgan fingerprint density at radius 1 is 1.15 bits per heavy atom. The van der Waals surface area contributed by atoms with Gasteiger partial charge < -0.3 is 14.3 Å². The molecule has 2 aromatic heterocycles. The van der Waals surface area contributed by atoms with Gasteiger partial charge in [-0.05, 0) is 13.8 Å². The molecule has 11 heteroatoms. The third-order valence-corrected chi connectivity index (χ3v) is 4.52. The summed E-state index contributed by atoms with van der Waals surface area (Å²) < 4.78 is 4.17. The van der Waals surface area contributed by atoms with E-state index in [1.165, 1.54) is 11.6 Å². The molecule has 2 aromatic rings. The van der Waals surface area contributed by atoms with Crippen molar-refractivity contribution in [2.45, 2.75) is 26.6 Å². The van der Waals surface area contributed by atoms with E-state index in [4.69, 9.17) is 4.84 Å². The van der Waals surface area contributed by atoms with Crippen molar-refractivity contribution in [3.63, 3.8) is 0 Å². The quantitative estimate of drug-likeness (QED) is 0.721. The fourth-order valence-electron chi connectivity index (χ4n) is 2.92. The number of hydrogen-bond acceptors (Lipinski definition) is 7. The van der Waals surface area contributed by atoms with E-state index >= 15 is 0 Å². The predicted octanol–water partition coefficient (Wildman–Crippen LogP) is -0.244. The number of hydroxylamine groups is 2. The molecule has 1 unspecified atom stereocenters. The fraction of sp³-hybridized carbons (Fsp3) is 0.600. The normalized spacial score (nSPS) is 17.1. The Labute approximate surface area is 156 Å². The lowest BCUT2D eigenvalue weighted by Crippen LogP contribution is -2.38. The van der Waals surface area contributed by atoms with Gasteiger partial charge in [0, 0.05) is 34.2 Å². The number of amidine groups is 1. The standard InChI is InChI=1S/C15H23N7O3.ClH/c1-6-21(7-2)14-17-10(20(5)25-14)8-22-9-16-12-11(22)13(23)19(4)15(24)18(12)3;/h9-10H,6-8H2,1-5H3;1H. The molecule has 0 spiro atoms. The molecule has 26 heavy (non-hydrogen) atoms. The maximum Gasteiger partial charge on any atom is 0.332 e. The van der Waals surface area contributed by atoms with Crippen molar-refractivity contribution >= 4 is 29.6 Å². The maximum absolute atomic E-state index is 12.5. The highest BCUT2D eigenvalue weighted by molar-refractivity contribution is 5.85. The molecule has 0 amide bonds. The van der Waals surface area contributed by atoms with E-state index < -0.39 is 5.69 Å². The summed E-state index contributed by atoms with van der Waals surface area (Å²) in [6.45, 7) is 6.07. The van der Waals surface area contributed by atoms with E-state index in [9.17, 15) is 9.59 Å². The zero-order valence-electron chi connectivity index (χ0n) is 15.5. The summed E-state index contributed by atoms with van der Waals surface area (Å²) in [5.74, 6) is 0. The number of imidazole rings is 1. The van der Waals surface area contributed by atoms with Crippen molar-refractivity contribution in [1.29, 1.82) is 0 Å². The first-order chi connectivity index (χ1) is 11.9. The predicted molar refractivity (Wildman–Crippen MR) is 100 cm³/mol. The molecule has 1 atom stereocenters. The van der Waals surface area contributed by atoms with Crippen LogP contribution in [0.4, 0.5) is 0 Å². The molecule has 0 bridgehead atoms. The molecule has 0 aromatic carbocycles. The third-order valence-electron chi connectivity index (χ3n) is 4.52. The van der Waals surface area contributed by atoms with Crippen LogP contribution in [0.25, 0.3) is 11.2 Å². The SMILES string of the molecule is CCN(CC)C1=NC(Cn2cnc3c2c(=O)n(C)c(=O)n3C)N(C)O1.Cl. The molecule has 0 aliphatic carbocycles. The molecular formula is C15H24ClN7O3. The van der Waals surface area contributed by atoms with Gasteiger partial charge in [-0.25, -0.2) is 14.8 Å². The first-order valence-corrected chi connectivity index (χ1v) is 8.23. The van der Waals surface area contributed by atoms with Gasteiger partial charge in [0.2, 0.25) is 0 Å². The zero-order valence-corrected chi connectivity index (χ0v) is 16.4. The van der Waals surface area contributed by atoms with E-state index in [1.807, 2.05) is 18.7 Å². The molecular weight excluding hydrogens is 362 g/mol. The number of fused-ring (bicyclic) bond motifs is 1. The molecule has 1 aliphatic rings. The van der Waals surface area contributed by atoms with Crippen LogP contribution in [-0.4, -0.2) is 61.0 Å². The van der Waals surface area contributed by atoms with Gasteiger partial charge in [0.15, 0.2) is 17.3 Å². The van der Waals surface area contributed by atoms with Gasteiger partial charge in [-0.1, -0.05) is 0 Å². The average molecular weight is 386 g/mol. The van der Waals surface area contributed by atoms with Gasteiger partial charge >= 0.3 is 11.7 Å². The maximum atomic E-state index is 12.5. The molecule has 0 radical (unpaired) electrons. The minimum Gasteiger partial charge on any atom is -0.366 e. The monoisotopic (exact) mass is 385 g/mol. The van der Waals surface area contributed by atoms with Crippen LogP contribution in [0.2, 0.25) is 0 Å². The van der Waals surface area contributed by atoms with Crippen LogP contribution in [0, 0.1) is 0 Å². The Morgan fingerprint density at radius 2 is 1.81 bits per heavy atom. The van der Waals surface area contributed by atoms with E-state index in [0.29, 0.717) is 23.7 Å². The van der Waals surface area contributed by atoms with E-state index in [0.717, 1.165) is 17.7 Å². The summed E-state index contributed by atoms with van der Waals surface area (Å²) in [5.41, 5.74) is -0.0249. The van der Waals surface area contributed by atoms with Crippen LogP contribution in [0.1, 0.15) is 13.8 Å². The first kappa shape index (κ1) is 20.0. The number of aliphatic imine (C=N–C) groups is 1. The number of nitrogens with zero attached hydrogens (tertiary/aromatic N) is 7. The third kappa shape index (κ3) is 3.10. The molecule has 144 valence electrons. The minimum absolute atomic E-state index is 0. The van der Waals surface area contributed by atoms with Crippen molar-refractivity contribution in [3.05, 3.63) is 27.2 Å². The van der Waals surface area contributed by atoms with Gasteiger partial charge in [0.05, 0.1) is 12.9 Å². The fourth-order valence-corrected chi connectivity index (χ4v) is 2.92. The lowest BCUT2D eigenvalue weighted by atomic mass is 10.4. The molecule has 0 fully saturated rings. The highest BCUT2D eigenvalue weighted by Gasteiger charge is 2.29. The molecule has 1 aliphatic heterocycles. The van der Waals surface area contributed by atoms with Crippen LogP contribution < -0.4 is 11.2 Å². The second kappa shape index (κ2) is 7.50. The summed E-state index contributed by atoms with van der Waals surface area (Å²) in [6.07, 6.45) is 1.28. The number of halogens is 1. The van der Waals surface area contributed by atoms with Crippen molar-refractivity contribution in [2.24, 2.45) is 19.1 Å². The van der Waals surface area contributed by atoms with Crippen LogP contribution in [-0.2, 0) is 25.5 Å². The summed E-state index contributed by atoms with van der Waals surface area (Å²) in [7, 11) is 4.86. The molecule has 10 nitrogen and oxygen atoms in total. The second-order valence-electron chi connectivity index (χ2n) is 5.98. The Bertz CT molecular complexity index is 941. The van der Waals surface area contributed by atoms with Crippen LogP contribution in [0.3, 0.4) is 0 Å². The van der Waals surface area contributed by atoms with Crippen molar-refractivity contribution in [1.82, 2.24) is 28.6 Å². The molecule has 3 rings (SSSR count). The van der Waals surface area contributed by atoms with E-state index in [1.54, 1.807) is 30.1 Å². The number of rotatable bonds is 4. The van der Waals surface area contributed by atoms with Crippen molar-refractivity contribution < 1.29 is 4.84 Å². The highest BCUT2D eigenvalue weighted by Crippen LogP contribution is 2.16. The van der Waals surface area contributed by atoms with Crippen molar-refractivity contribution in [2.75, 3.05) is 20.1 Å². The van der Waals surface area contributed by atoms with Gasteiger partial charge in [-0.3, -0.25) is 13.9 Å². The Morgan fingerprint density at radius 3 is 2.42 bits per heavy atom. The van der Waals surface area contributed by atoms with Crippen LogP contribution in [0.15, 0.2) is 20.9 Å². The number of aryl methyl sites for hydroxylation is 1. The summed E-state index contributed by atoms with van der Waals surface area (Å²) >= 11 is 0. The Hall–Kier alpha value is -2.33. The largest absolute Gasteiger partial charge is 0.366 e. The lowest BCUT2D eigenvalue weighted by Gasteiger charge is -2.20. The summed E-state index contributed by atoms with van der Waals surface area (Å²) in [4.78, 5) is 41.1. The Kier molecular flexibility index (Phi) is 5.77. The van der Waals surface area contributed by atoms with Gasteiger partial charge in [0.25, 0.3) is 5.56 Å². The number of hydrogen-bond donors (Lipinski definition) is 0. The topological polar surface area (TPSA) is 89.9 Å². The highest BCUT2D eigenvalue weighted by atomic mass is 35.5. The molecule has 0 saturated carbocycles. The number of aromatic nitrogens is 4. The molecule has 0 saturated heterocycles. The molecule has 3 heterocycles. The first-order valence-electron chi connectivity index (χ1n) is 8.23. The van der Waals surface area contributed by atoms with Crippen LogP contribution >= 0.6 is 12.4 Å². The lowest BCUT2D eigenvalue weighted by molar-refractivity contribution is -0.0705. The van der Waals surface area contributed by atoms with Gasteiger partial charge in [-0.15, -0.1) is 17.5 Å². The average Bonchev–Trinajstić information content (AvgIpc) is 3.17.